The fourth-order valence-corrected chi connectivity index (χ4v) is 6.27. The van der Waals surface area contributed by atoms with Gasteiger partial charge in [-0.25, -0.2) is 18.4 Å². The van der Waals surface area contributed by atoms with Crippen molar-refractivity contribution < 1.29 is 13.2 Å². The first kappa shape index (κ1) is 23.2. The molecule has 4 aromatic rings. The van der Waals surface area contributed by atoms with E-state index in [-0.39, 0.29) is 16.8 Å². The molecule has 1 aliphatic carbocycles. The number of hydrogen-bond acceptors (Lipinski definition) is 6. The van der Waals surface area contributed by atoms with Crippen molar-refractivity contribution in [3.63, 3.8) is 0 Å². The Morgan fingerprint density at radius 3 is 2.72 bits per heavy atom. The molecule has 1 saturated heterocycles. The third kappa shape index (κ3) is 3.98. The van der Waals surface area contributed by atoms with E-state index >= 15 is 0 Å². The van der Waals surface area contributed by atoms with Crippen LogP contribution >= 0.6 is 0 Å². The van der Waals surface area contributed by atoms with Crippen LogP contribution in [0.25, 0.3) is 33.6 Å². The lowest BCUT2D eigenvalue weighted by atomic mass is 10.1. The van der Waals surface area contributed by atoms with Crippen molar-refractivity contribution in [1.82, 2.24) is 24.0 Å². The monoisotopic (exact) mass is 506 g/mol. The molecule has 1 saturated carbocycles. The molecule has 6 rings (SSSR count). The molecule has 1 amide bonds. The molecule has 4 heterocycles. The number of nitrogens with two attached hydrogens (primary N) is 1. The SMILES string of the molecule is Cn1c(-c2cc3cccnc3n2CC2CC2)nc2cc(C(=O)N3CCC[C@@H](N)C3)cc(S(C)(=O)=O)c21. The largest absolute Gasteiger partial charge is 0.337 e. The first-order valence-corrected chi connectivity index (χ1v) is 14.3. The second kappa shape index (κ2) is 8.41. The van der Waals surface area contributed by atoms with Crippen LogP contribution in [0.4, 0.5) is 0 Å². The Bertz CT molecular complexity index is 1620. The third-order valence-electron chi connectivity index (χ3n) is 7.35. The van der Waals surface area contributed by atoms with Gasteiger partial charge in [0.25, 0.3) is 5.91 Å². The third-order valence-corrected chi connectivity index (χ3v) is 8.46. The molecule has 36 heavy (non-hydrogen) atoms. The van der Waals surface area contributed by atoms with Crippen LogP contribution in [-0.4, -0.2) is 63.7 Å². The smallest absolute Gasteiger partial charge is 0.254 e. The molecule has 1 aromatic carbocycles. The zero-order chi connectivity index (χ0) is 25.2. The number of hydrogen-bond donors (Lipinski definition) is 1. The Hall–Kier alpha value is -3.24. The molecule has 2 aliphatic rings. The minimum atomic E-state index is -3.64. The normalized spacial score (nSPS) is 18.9. The van der Waals surface area contributed by atoms with Crippen molar-refractivity contribution >= 4 is 37.8 Å². The van der Waals surface area contributed by atoms with E-state index in [0.29, 0.717) is 41.4 Å². The lowest BCUT2D eigenvalue weighted by Crippen LogP contribution is -2.45. The van der Waals surface area contributed by atoms with Gasteiger partial charge in [-0.1, -0.05) is 0 Å². The Kier molecular flexibility index (Phi) is 5.42. The molecule has 0 radical (unpaired) electrons. The number of sulfone groups is 1. The van der Waals surface area contributed by atoms with Gasteiger partial charge >= 0.3 is 0 Å². The second-order valence-corrected chi connectivity index (χ2v) is 12.2. The molecule has 2 N–H and O–H groups in total. The van der Waals surface area contributed by atoms with Crippen LogP contribution in [0.5, 0.6) is 0 Å². The quantitative estimate of drug-likeness (QED) is 0.445. The first-order chi connectivity index (χ1) is 17.2. The minimum Gasteiger partial charge on any atom is -0.337 e. The molecule has 1 atom stereocenters. The van der Waals surface area contributed by atoms with Crippen LogP contribution < -0.4 is 5.73 Å². The van der Waals surface area contributed by atoms with Gasteiger partial charge in [-0.05, 0) is 61.9 Å². The molecule has 3 aromatic heterocycles. The number of benzene rings is 1. The molecule has 2 fully saturated rings. The number of piperidine rings is 1. The lowest BCUT2D eigenvalue weighted by molar-refractivity contribution is 0.0708. The zero-order valence-electron chi connectivity index (χ0n) is 20.5. The first-order valence-electron chi connectivity index (χ1n) is 12.4. The number of likely N-dealkylation sites (tertiary alicyclic amines) is 1. The van der Waals surface area contributed by atoms with Crippen LogP contribution in [0.3, 0.4) is 0 Å². The van der Waals surface area contributed by atoms with Gasteiger partial charge in [-0.3, -0.25) is 4.79 Å². The van der Waals surface area contributed by atoms with Gasteiger partial charge in [0.2, 0.25) is 0 Å². The number of imidazole rings is 1. The Morgan fingerprint density at radius 1 is 1.19 bits per heavy atom. The summed E-state index contributed by atoms with van der Waals surface area (Å²) in [5.74, 6) is 1.05. The highest BCUT2D eigenvalue weighted by molar-refractivity contribution is 7.91. The highest BCUT2D eigenvalue weighted by atomic mass is 32.2. The number of carbonyl (C=O) groups is 1. The predicted molar refractivity (Wildman–Crippen MR) is 138 cm³/mol. The van der Waals surface area contributed by atoms with Crippen LogP contribution in [0, 0.1) is 5.92 Å². The fourth-order valence-electron chi connectivity index (χ4n) is 5.34. The van der Waals surface area contributed by atoms with E-state index in [9.17, 15) is 13.2 Å². The topological polar surface area (TPSA) is 116 Å². The molecule has 0 unspecified atom stereocenters. The van der Waals surface area contributed by atoms with Gasteiger partial charge in [0.1, 0.15) is 5.65 Å². The van der Waals surface area contributed by atoms with Gasteiger partial charge in [0, 0.05) is 56.1 Å². The Balaban J connectivity index is 1.54. The number of nitrogens with zero attached hydrogens (tertiary/aromatic N) is 5. The number of aromatic nitrogens is 4. The van der Waals surface area contributed by atoms with Gasteiger partial charge < -0.3 is 19.8 Å². The number of rotatable bonds is 5. The van der Waals surface area contributed by atoms with Crippen molar-refractivity contribution in [2.75, 3.05) is 19.3 Å². The summed E-state index contributed by atoms with van der Waals surface area (Å²) in [5.41, 5.74) is 9.18. The van der Waals surface area contributed by atoms with Gasteiger partial charge in [0.05, 0.1) is 21.6 Å². The van der Waals surface area contributed by atoms with Crippen LogP contribution in [0.2, 0.25) is 0 Å². The highest BCUT2D eigenvalue weighted by Gasteiger charge is 2.29. The number of aryl methyl sites for hydroxylation is 1. The van der Waals surface area contributed by atoms with E-state index in [1.807, 2.05) is 23.7 Å². The predicted octanol–water partition coefficient (Wildman–Crippen LogP) is 2.97. The molecular formula is C26H30N6O3S. The summed E-state index contributed by atoms with van der Waals surface area (Å²) in [4.78, 5) is 24.7. The molecule has 10 heteroatoms. The summed E-state index contributed by atoms with van der Waals surface area (Å²) in [7, 11) is -1.81. The summed E-state index contributed by atoms with van der Waals surface area (Å²) in [6.07, 6.45) is 7.06. The standard InChI is InChI=1S/C26H30N6O3S/c1-30-23-20(11-18(13-22(23)36(2,34)35)26(33)31-10-4-6-19(27)15-31)29-25(30)21-12-17-5-3-9-28-24(17)32(21)14-16-7-8-16/h3,5,9,11-13,16,19H,4,6-8,10,14-15,27H2,1-2H3/t19-/m1/s1. The maximum absolute atomic E-state index is 13.4. The Labute approximate surface area is 209 Å². The maximum Gasteiger partial charge on any atom is 0.254 e. The van der Waals surface area contributed by atoms with Gasteiger partial charge in [-0.2, -0.15) is 0 Å². The van der Waals surface area contributed by atoms with Crippen LogP contribution in [-0.2, 0) is 23.4 Å². The van der Waals surface area contributed by atoms with E-state index < -0.39 is 9.84 Å². The molecule has 9 nitrogen and oxygen atoms in total. The number of fused-ring (bicyclic) bond motifs is 2. The van der Waals surface area contributed by atoms with Gasteiger partial charge in [0.15, 0.2) is 15.7 Å². The van der Waals surface area contributed by atoms with E-state index in [1.165, 1.54) is 25.2 Å². The molecule has 188 valence electrons. The van der Waals surface area contributed by atoms with E-state index in [2.05, 4.69) is 15.6 Å². The van der Waals surface area contributed by atoms with Crippen molar-refractivity contribution in [2.24, 2.45) is 18.7 Å². The van der Waals surface area contributed by atoms with Crippen molar-refractivity contribution in [2.45, 2.75) is 43.2 Å². The summed E-state index contributed by atoms with van der Waals surface area (Å²) >= 11 is 0. The molecular weight excluding hydrogens is 476 g/mol. The Morgan fingerprint density at radius 2 is 2.00 bits per heavy atom. The molecule has 0 bridgehead atoms. The van der Waals surface area contributed by atoms with Crippen molar-refractivity contribution in [3.8, 4) is 11.5 Å². The average molecular weight is 507 g/mol. The summed E-state index contributed by atoms with van der Waals surface area (Å²) < 4.78 is 29.8. The second-order valence-electron chi connectivity index (χ2n) is 10.3. The number of carbonyl (C=O) groups excluding carboxylic acids is 1. The lowest BCUT2D eigenvalue weighted by Gasteiger charge is -2.30. The van der Waals surface area contributed by atoms with Crippen LogP contribution in [0.1, 0.15) is 36.0 Å². The van der Waals surface area contributed by atoms with Crippen LogP contribution in [0.15, 0.2) is 41.4 Å². The summed E-state index contributed by atoms with van der Waals surface area (Å²) in [5, 5.41) is 1.01. The van der Waals surface area contributed by atoms with Crippen molar-refractivity contribution in [3.05, 3.63) is 42.1 Å². The number of pyridine rings is 1. The highest BCUT2D eigenvalue weighted by Crippen LogP contribution is 2.37. The van der Waals surface area contributed by atoms with Crippen molar-refractivity contribution in [1.29, 1.82) is 0 Å². The summed E-state index contributed by atoms with van der Waals surface area (Å²) in [6.45, 7) is 1.92. The molecule has 0 spiro atoms. The fraction of sp³-hybridized carbons (Fsp3) is 0.423. The van der Waals surface area contributed by atoms with E-state index in [0.717, 1.165) is 36.1 Å². The van der Waals surface area contributed by atoms with Gasteiger partial charge in [-0.15, -0.1) is 0 Å². The van der Waals surface area contributed by atoms with E-state index in [4.69, 9.17) is 10.7 Å². The average Bonchev–Trinajstić information content (AvgIpc) is 3.51. The van der Waals surface area contributed by atoms with E-state index in [1.54, 1.807) is 17.2 Å². The minimum absolute atomic E-state index is 0.0655. The molecule has 1 aliphatic heterocycles. The maximum atomic E-state index is 13.4. The number of amides is 1. The summed E-state index contributed by atoms with van der Waals surface area (Å²) in [6, 6.07) is 9.14. The zero-order valence-corrected chi connectivity index (χ0v) is 21.3.